The molecule has 3 heterocycles. The molecule has 286 valence electrons. The fourth-order valence-corrected chi connectivity index (χ4v) is 6.65. The Morgan fingerprint density at radius 1 is 0.635 bits per heavy atom. The first-order valence-corrected chi connectivity index (χ1v) is 16.3. The number of hydrogen-bond acceptors (Lipinski definition) is 19. The topological polar surface area (TPSA) is 312 Å². The van der Waals surface area contributed by atoms with E-state index >= 15 is 0 Å². The molecular weight excluding hydrogens is 700 g/mol. The minimum Gasteiger partial charge on any atom is -0.507 e. The molecule has 15 atom stereocenters. The first-order valence-electron chi connectivity index (χ1n) is 16.3. The summed E-state index contributed by atoms with van der Waals surface area (Å²) in [7, 11) is 0. The molecule has 2 aromatic rings. The number of hydrogen-bond donors (Lipinski definition) is 11. The molecule has 0 unspecified atom stereocenters. The molecule has 11 N–H and O–H groups in total. The van der Waals surface area contributed by atoms with E-state index < -0.39 is 129 Å². The Morgan fingerprint density at radius 3 is 1.90 bits per heavy atom. The fraction of sp³-hybridized carbons (Fsp3) is 0.576. The smallest absolute Gasteiger partial charge is 0.229 e. The van der Waals surface area contributed by atoms with E-state index in [-0.39, 0.29) is 28.0 Å². The van der Waals surface area contributed by atoms with E-state index in [1.54, 1.807) is 6.92 Å². The second kappa shape index (κ2) is 15.3. The number of aryl methyl sites for hydroxylation is 1. The summed E-state index contributed by atoms with van der Waals surface area (Å²) >= 11 is 0. The van der Waals surface area contributed by atoms with Gasteiger partial charge >= 0.3 is 0 Å². The van der Waals surface area contributed by atoms with Crippen LogP contribution < -0.4 is 4.74 Å². The number of ketones is 2. The van der Waals surface area contributed by atoms with E-state index in [4.69, 9.17) is 28.4 Å². The van der Waals surface area contributed by atoms with E-state index in [0.717, 1.165) is 0 Å². The predicted molar refractivity (Wildman–Crippen MR) is 166 cm³/mol. The molecule has 0 bridgehead atoms. The lowest BCUT2D eigenvalue weighted by atomic mass is 9.82. The highest BCUT2D eigenvalue weighted by Gasteiger charge is 2.52. The van der Waals surface area contributed by atoms with Crippen molar-refractivity contribution in [3.8, 4) is 11.5 Å². The van der Waals surface area contributed by atoms with Crippen LogP contribution >= 0.6 is 0 Å². The van der Waals surface area contributed by atoms with Crippen LogP contribution in [0.5, 0.6) is 11.5 Å². The monoisotopic (exact) mass is 740 g/mol. The lowest BCUT2D eigenvalue weighted by molar-refractivity contribution is -0.364. The molecule has 0 amide bonds. The van der Waals surface area contributed by atoms with Crippen LogP contribution in [0.25, 0.3) is 0 Å². The lowest BCUT2D eigenvalue weighted by Crippen LogP contribution is -2.65. The van der Waals surface area contributed by atoms with Crippen LogP contribution in [-0.4, -0.2) is 180 Å². The maximum Gasteiger partial charge on any atom is 0.229 e. The molecule has 3 saturated heterocycles. The fourth-order valence-electron chi connectivity index (χ4n) is 6.65. The van der Waals surface area contributed by atoms with Gasteiger partial charge in [0.15, 0.2) is 18.4 Å². The number of carbonyl (C=O) groups excluding carboxylic acids is 2. The zero-order valence-electron chi connectivity index (χ0n) is 27.4. The highest BCUT2D eigenvalue weighted by atomic mass is 16.7. The number of ether oxygens (including phenoxy) is 6. The van der Waals surface area contributed by atoms with E-state index in [1.807, 2.05) is 0 Å². The summed E-state index contributed by atoms with van der Waals surface area (Å²) in [5, 5.41) is 114. The van der Waals surface area contributed by atoms with Gasteiger partial charge in [0.05, 0.1) is 30.9 Å². The van der Waals surface area contributed by atoms with E-state index in [9.17, 15) is 65.8 Å². The second-order valence-electron chi connectivity index (χ2n) is 13.0. The average molecular weight is 741 g/mol. The Labute approximate surface area is 294 Å². The molecule has 0 aromatic heterocycles. The van der Waals surface area contributed by atoms with Crippen molar-refractivity contribution in [1.29, 1.82) is 0 Å². The van der Waals surface area contributed by atoms with Crippen LogP contribution in [0.15, 0.2) is 30.3 Å². The Balaban J connectivity index is 1.19. The van der Waals surface area contributed by atoms with Crippen LogP contribution in [0.4, 0.5) is 0 Å². The summed E-state index contributed by atoms with van der Waals surface area (Å²) < 4.78 is 33.5. The van der Waals surface area contributed by atoms with Crippen molar-refractivity contribution in [2.75, 3.05) is 19.8 Å². The van der Waals surface area contributed by atoms with Gasteiger partial charge in [-0.25, -0.2) is 0 Å². The molecule has 6 rings (SSSR count). The zero-order chi connectivity index (χ0) is 37.8. The third kappa shape index (κ3) is 6.83. The molecule has 0 spiro atoms. The number of benzene rings is 2. The van der Waals surface area contributed by atoms with E-state index in [0.29, 0.717) is 5.56 Å². The Hall–Kier alpha value is -3.22. The lowest BCUT2D eigenvalue weighted by Gasteiger charge is -2.46. The summed E-state index contributed by atoms with van der Waals surface area (Å²) in [5.41, 5.74) is -0.108. The largest absolute Gasteiger partial charge is 0.507 e. The summed E-state index contributed by atoms with van der Waals surface area (Å²) in [4.78, 5) is 26.9. The Kier molecular flexibility index (Phi) is 11.3. The van der Waals surface area contributed by atoms with Gasteiger partial charge < -0.3 is 84.6 Å². The first kappa shape index (κ1) is 38.5. The maximum absolute atomic E-state index is 13.6. The first-order chi connectivity index (χ1) is 24.7. The van der Waals surface area contributed by atoms with Crippen molar-refractivity contribution in [3.63, 3.8) is 0 Å². The minimum atomic E-state index is -1.93. The number of phenols is 1. The van der Waals surface area contributed by atoms with Crippen molar-refractivity contribution in [1.82, 2.24) is 0 Å². The second-order valence-corrected chi connectivity index (χ2v) is 13.0. The molecule has 1 aliphatic carbocycles. The Bertz CT molecular complexity index is 1630. The maximum atomic E-state index is 13.6. The van der Waals surface area contributed by atoms with Crippen LogP contribution in [0, 0.1) is 6.92 Å². The molecule has 0 saturated carbocycles. The van der Waals surface area contributed by atoms with Gasteiger partial charge in [-0.2, -0.15) is 0 Å². The van der Waals surface area contributed by atoms with Gasteiger partial charge in [0.25, 0.3) is 0 Å². The van der Waals surface area contributed by atoms with Crippen LogP contribution in [0.1, 0.15) is 37.4 Å². The number of rotatable bonds is 9. The summed E-state index contributed by atoms with van der Waals surface area (Å²) in [6, 6.07) is 6.85. The number of aromatic hydroxyl groups is 1. The third-order valence-corrected chi connectivity index (χ3v) is 9.53. The normalized spacial score (nSPS) is 39.2. The molecular formula is C33H40O19. The average Bonchev–Trinajstić information content (AvgIpc) is 3.12. The highest BCUT2D eigenvalue weighted by Crippen LogP contribution is 2.39. The van der Waals surface area contributed by atoms with Crippen molar-refractivity contribution < 1.29 is 94.2 Å². The number of fused-ring (bicyclic) bond motifs is 2. The molecule has 19 nitrogen and oxygen atoms in total. The molecule has 19 heteroatoms. The molecule has 3 fully saturated rings. The third-order valence-electron chi connectivity index (χ3n) is 9.53. The van der Waals surface area contributed by atoms with Gasteiger partial charge in [-0.15, -0.1) is 0 Å². The molecule has 2 aromatic carbocycles. The highest BCUT2D eigenvalue weighted by molar-refractivity contribution is 6.30. The van der Waals surface area contributed by atoms with Crippen molar-refractivity contribution in [3.05, 3.63) is 58.1 Å². The van der Waals surface area contributed by atoms with Crippen molar-refractivity contribution in [2.24, 2.45) is 0 Å². The van der Waals surface area contributed by atoms with Crippen LogP contribution in [-0.2, 0) is 23.7 Å². The summed E-state index contributed by atoms with van der Waals surface area (Å²) in [5.74, 6) is -2.02. The zero-order valence-corrected chi connectivity index (χ0v) is 27.4. The number of carbonyl (C=O) groups is 2. The minimum absolute atomic E-state index is 0.0253. The molecule has 3 aliphatic heterocycles. The van der Waals surface area contributed by atoms with Crippen molar-refractivity contribution >= 4 is 11.6 Å². The van der Waals surface area contributed by atoms with Gasteiger partial charge in [-0.1, -0.05) is 12.1 Å². The van der Waals surface area contributed by atoms with E-state index in [2.05, 4.69) is 0 Å². The standard InChI is InChI=1S/C33H40O19/c1-10-5-12-19(24(41)18-11(20(12)37)3-2-4-13(18)36)14(6-10)48-32-27(44)26(43)22(39)17(51-32)9-47-31-29(46)30(23(40)16(8-35)49-31)52-33-28(45)25(42)21(38)15(7-34)50-33/h2-6,15-17,21-23,25-36,38-40,42-46H,7-9H2,1H3/t15-,16-,17+,21-,22-,23-,25+,26+,27-,28-,29-,30+,31+,32-,33-/m1/s1. The number of aliphatic hydroxyl groups excluding tert-OH is 10. The predicted octanol–water partition coefficient (Wildman–Crippen LogP) is -4.70. The summed E-state index contributed by atoms with van der Waals surface area (Å²) in [6.45, 7) is -0.729. The number of phenolic OH excluding ortho intramolecular Hbond substituents is 1. The van der Waals surface area contributed by atoms with Gasteiger partial charge in [-0.05, 0) is 30.7 Å². The molecule has 4 aliphatic rings. The van der Waals surface area contributed by atoms with Crippen molar-refractivity contribution in [2.45, 2.75) is 99.0 Å². The van der Waals surface area contributed by atoms with Gasteiger partial charge in [0, 0.05) is 11.1 Å². The Morgan fingerprint density at radius 2 is 1.23 bits per heavy atom. The van der Waals surface area contributed by atoms with Gasteiger partial charge in [0.1, 0.15) is 84.7 Å². The SMILES string of the molecule is Cc1cc(O[C@@H]2O[C@@H](CO[C@H]3O[C@H](CO)[C@@H](O)[C@H](O[C@H]4O[C@H](CO)[C@@H](O)[C@H](O)[C@H]4O)[C@H]3O)[C@@H](O)[C@H](O)[C@H]2O)c2c(c1)C(=O)c1cccc(O)c1C2=O. The van der Waals surface area contributed by atoms with Gasteiger partial charge in [-0.3, -0.25) is 9.59 Å². The van der Waals surface area contributed by atoms with Crippen LogP contribution in [0.3, 0.4) is 0 Å². The molecule has 52 heavy (non-hydrogen) atoms. The van der Waals surface area contributed by atoms with Crippen LogP contribution in [0.2, 0.25) is 0 Å². The quantitative estimate of drug-likeness (QED) is 0.0982. The van der Waals surface area contributed by atoms with E-state index in [1.165, 1.54) is 30.3 Å². The molecule has 0 radical (unpaired) electrons. The summed E-state index contributed by atoms with van der Waals surface area (Å²) in [6.07, 6.45) is -26.3. The number of aliphatic hydroxyl groups is 10. The van der Waals surface area contributed by atoms with Gasteiger partial charge in [0.2, 0.25) is 12.1 Å².